The molecule has 0 saturated heterocycles. The summed E-state index contributed by atoms with van der Waals surface area (Å²) in [5.74, 6) is 0.0696. The quantitative estimate of drug-likeness (QED) is 0.716. The summed E-state index contributed by atoms with van der Waals surface area (Å²) in [6, 6.07) is 15.5. The van der Waals surface area contributed by atoms with Crippen molar-refractivity contribution in [1.29, 1.82) is 0 Å². The lowest BCUT2D eigenvalue weighted by Gasteiger charge is -2.29. The Bertz CT molecular complexity index is 832. The number of likely N-dealkylation sites (N-methyl/N-ethyl adjacent to an activating group) is 1. The van der Waals surface area contributed by atoms with Gasteiger partial charge in [0.15, 0.2) is 0 Å². The average molecular weight is 396 g/mol. The summed E-state index contributed by atoms with van der Waals surface area (Å²) in [4.78, 5) is 29.8. The second kappa shape index (κ2) is 9.45. The largest absolute Gasteiger partial charge is 0.508 e. The Morgan fingerprint density at radius 2 is 1.76 bits per heavy atom. The normalized spacial score (nSPS) is 14.1. The minimum atomic E-state index is -0.728. The smallest absolute Gasteiger partial charge is 0.318 e. The van der Waals surface area contributed by atoms with Crippen LogP contribution >= 0.6 is 0 Å². The Morgan fingerprint density at radius 3 is 2.34 bits per heavy atom. The van der Waals surface area contributed by atoms with E-state index in [9.17, 15) is 14.7 Å². The third kappa shape index (κ3) is 5.28. The van der Waals surface area contributed by atoms with Gasteiger partial charge in [-0.1, -0.05) is 42.5 Å². The number of benzene rings is 2. The molecule has 29 heavy (non-hydrogen) atoms. The minimum Gasteiger partial charge on any atom is -0.508 e. The van der Waals surface area contributed by atoms with Crippen molar-refractivity contribution in [3.63, 3.8) is 0 Å². The van der Waals surface area contributed by atoms with E-state index in [0.717, 1.165) is 24.0 Å². The molecular formula is C23H29N3O3. The molecular weight excluding hydrogens is 366 g/mol. The molecule has 6 heteroatoms. The van der Waals surface area contributed by atoms with Crippen molar-refractivity contribution < 1.29 is 14.7 Å². The number of hydrogen-bond acceptors (Lipinski definition) is 3. The van der Waals surface area contributed by atoms with Crippen LogP contribution in [0.15, 0.2) is 54.6 Å². The fourth-order valence-electron chi connectivity index (χ4n) is 3.46. The number of rotatable bonds is 8. The van der Waals surface area contributed by atoms with Crippen molar-refractivity contribution in [3.05, 3.63) is 65.7 Å². The maximum Gasteiger partial charge on any atom is 0.318 e. The molecule has 1 aliphatic carbocycles. The lowest BCUT2D eigenvalue weighted by Crippen LogP contribution is -2.48. The number of amides is 3. The lowest BCUT2D eigenvalue weighted by atomic mass is 10.1. The van der Waals surface area contributed by atoms with Gasteiger partial charge in [-0.25, -0.2) is 4.79 Å². The van der Waals surface area contributed by atoms with Crippen LogP contribution in [-0.2, 0) is 11.3 Å². The van der Waals surface area contributed by atoms with Crippen LogP contribution in [0.5, 0.6) is 5.75 Å². The predicted molar refractivity (Wildman–Crippen MR) is 112 cm³/mol. The van der Waals surface area contributed by atoms with E-state index in [0.29, 0.717) is 19.6 Å². The first-order chi connectivity index (χ1) is 14.0. The fourth-order valence-corrected chi connectivity index (χ4v) is 3.46. The van der Waals surface area contributed by atoms with Gasteiger partial charge in [0.05, 0.1) is 0 Å². The molecule has 154 valence electrons. The molecule has 0 unspecified atom stereocenters. The number of hydrogen-bond donors (Lipinski definition) is 2. The Balaban J connectivity index is 1.81. The highest BCUT2D eigenvalue weighted by Crippen LogP contribution is 2.29. The number of nitrogens with one attached hydrogen (secondary N) is 1. The van der Waals surface area contributed by atoms with Crippen LogP contribution in [0, 0.1) is 0 Å². The first-order valence-corrected chi connectivity index (χ1v) is 10.2. The molecule has 2 N–H and O–H groups in total. The molecule has 0 spiro atoms. The molecule has 3 rings (SSSR count). The first kappa shape index (κ1) is 20.7. The minimum absolute atomic E-state index is 0.109. The molecule has 0 aromatic heterocycles. The maximum atomic E-state index is 13.2. The summed E-state index contributed by atoms with van der Waals surface area (Å²) in [6.07, 6.45) is 1.90. The SMILES string of the molecule is CCN(CC)C(=O)[C@H](NC(=O)N(Cc1cccc(O)c1)C1CC1)c1ccccc1. The van der Waals surface area contributed by atoms with E-state index < -0.39 is 6.04 Å². The van der Waals surface area contributed by atoms with Crippen LogP contribution in [0.4, 0.5) is 4.79 Å². The lowest BCUT2D eigenvalue weighted by molar-refractivity contribution is -0.133. The van der Waals surface area contributed by atoms with Gasteiger partial charge in [-0.3, -0.25) is 4.79 Å². The van der Waals surface area contributed by atoms with E-state index in [-0.39, 0.29) is 23.7 Å². The van der Waals surface area contributed by atoms with Gasteiger partial charge in [0, 0.05) is 25.7 Å². The third-order valence-corrected chi connectivity index (χ3v) is 5.23. The number of carbonyl (C=O) groups is 2. The molecule has 6 nitrogen and oxygen atoms in total. The van der Waals surface area contributed by atoms with Crippen molar-refractivity contribution in [2.75, 3.05) is 13.1 Å². The van der Waals surface area contributed by atoms with Gasteiger partial charge >= 0.3 is 6.03 Å². The summed E-state index contributed by atoms with van der Waals surface area (Å²) in [5, 5.41) is 12.7. The van der Waals surface area contributed by atoms with Crippen LogP contribution < -0.4 is 5.32 Å². The number of phenolic OH excluding ortho intramolecular Hbond substituents is 1. The molecule has 2 aromatic rings. The van der Waals surface area contributed by atoms with Gasteiger partial charge in [-0.2, -0.15) is 0 Å². The highest BCUT2D eigenvalue weighted by Gasteiger charge is 2.35. The Kier molecular flexibility index (Phi) is 6.75. The highest BCUT2D eigenvalue weighted by atomic mass is 16.3. The van der Waals surface area contributed by atoms with Crippen LogP contribution in [0.3, 0.4) is 0 Å². The van der Waals surface area contributed by atoms with Gasteiger partial charge in [0.25, 0.3) is 0 Å². The first-order valence-electron chi connectivity index (χ1n) is 10.2. The molecule has 0 aliphatic heterocycles. The van der Waals surface area contributed by atoms with Gasteiger partial charge < -0.3 is 20.2 Å². The van der Waals surface area contributed by atoms with Crippen molar-refractivity contribution >= 4 is 11.9 Å². The fraction of sp³-hybridized carbons (Fsp3) is 0.391. The number of aromatic hydroxyl groups is 1. The van der Waals surface area contributed by atoms with E-state index in [4.69, 9.17) is 0 Å². The zero-order valence-corrected chi connectivity index (χ0v) is 17.0. The van der Waals surface area contributed by atoms with Crippen LogP contribution in [-0.4, -0.2) is 46.0 Å². The second-order valence-corrected chi connectivity index (χ2v) is 7.33. The van der Waals surface area contributed by atoms with Crippen molar-refractivity contribution in [1.82, 2.24) is 15.1 Å². The molecule has 1 fully saturated rings. The number of nitrogens with zero attached hydrogens (tertiary/aromatic N) is 2. The number of phenols is 1. The molecule has 2 aromatic carbocycles. The van der Waals surface area contributed by atoms with E-state index in [2.05, 4.69) is 5.32 Å². The summed E-state index contributed by atoms with van der Waals surface area (Å²) in [5.41, 5.74) is 1.63. The van der Waals surface area contributed by atoms with Crippen LogP contribution in [0.25, 0.3) is 0 Å². The Labute approximate surface area is 172 Å². The maximum absolute atomic E-state index is 13.2. The van der Waals surface area contributed by atoms with Gasteiger partial charge in [-0.15, -0.1) is 0 Å². The number of urea groups is 1. The standard InChI is InChI=1S/C23H29N3O3/c1-3-25(4-2)22(28)21(18-10-6-5-7-11-18)24-23(29)26(19-13-14-19)16-17-9-8-12-20(27)15-17/h5-12,15,19,21,27H,3-4,13-14,16H2,1-2H3,(H,24,29)/t21-/m1/s1. The molecule has 0 heterocycles. The zero-order chi connectivity index (χ0) is 20.8. The van der Waals surface area contributed by atoms with Gasteiger partial charge in [0.1, 0.15) is 11.8 Å². The third-order valence-electron chi connectivity index (χ3n) is 5.23. The highest BCUT2D eigenvalue weighted by molar-refractivity contribution is 5.88. The molecule has 3 amide bonds. The molecule has 1 aliphatic rings. The van der Waals surface area contributed by atoms with E-state index >= 15 is 0 Å². The van der Waals surface area contributed by atoms with E-state index in [1.165, 1.54) is 0 Å². The van der Waals surface area contributed by atoms with Crippen molar-refractivity contribution in [2.45, 2.75) is 45.3 Å². The summed E-state index contributed by atoms with van der Waals surface area (Å²) >= 11 is 0. The topological polar surface area (TPSA) is 72.9 Å². The predicted octanol–water partition coefficient (Wildman–Crippen LogP) is 3.68. The summed E-state index contributed by atoms with van der Waals surface area (Å²) in [6.45, 7) is 5.44. The Hall–Kier alpha value is -3.02. The van der Waals surface area contributed by atoms with Gasteiger partial charge in [0.2, 0.25) is 5.91 Å². The molecule has 1 saturated carbocycles. The van der Waals surface area contributed by atoms with Crippen molar-refractivity contribution in [3.8, 4) is 5.75 Å². The molecule has 0 radical (unpaired) electrons. The van der Waals surface area contributed by atoms with Crippen LogP contribution in [0.2, 0.25) is 0 Å². The average Bonchev–Trinajstić information content (AvgIpc) is 3.56. The van der Waals surface area contributed by atoms with Crippen molar-refractivity contribution in [2.24, 2.45) is 0 Å². The zero-order valence-electron chi connectivity index (χ0n) is 17.0. The summed E-state index contributed by atoms with van der Waals surface area (Å²) in [7, 11) is 0. The number of carbonyl (C=O) groups excluding carboxylic acids is 2. The van der Waals surface area contributed by atoms with E-state index in [1.54, 1.807) is 28.0 Å². The Morgan fingerprint density at radius 1 is 1.07 bits per heavy atom. The monoisotopic (exact) mass is 395 g/mol. The molecule has 0 bridgehead atoms. The van der Waals surface area contributed by atoms with Gasteiger partial charge in [-0.05, 0) is 49.9 Å². The van der Waals surface area contributed by atoms with Crippen LogP contribution in [0.1, 0.15) is 43.9 Å². The second-order valence-electron chi connectivity index (χ2n) is 7.33. The molecule has 1 atom stereocenters. The van der Waals surface area contributed by atoms with E-state index in [1.807, 2.05) is 50.2 Å². The summed E-state index contributed by atoms with van der Waals surface area (Å²) < 4.78 is 0.